The van der Waals surface area contributed by atoms with Crippen LogP contribution in [0.15, 0.2) is 29.1 Å². The van der Waals surface area contributed by atoms with E-state index < -0.39 is 0 Å². The van der Waals surface area contributed by atoms with E-state index in [-0.39, 0.29) is 11.0 Å². The van der Waals surface area contributed by atoms with E-state index in [0.717, 1.165) is 23.9 Å². The zero-order chi connectivity index (χ0) is 13.5. The van der Waals surface area contributed by atoms with Gasteiger partial charge in [0.05, 0.1) is 10.9 Å². The van der Waals surface area contributed by atoms with Crippen LogP contribution in [-0.4, -0.2) is 9.55 Å². The summed E-state index contributed by atoms with van der Waals surface area (Å²) in [6.07, 6.45) is 4.79. The van der Waals surface area contributed by atoms with E-state index in [4.69, 9.17) is 12.2 Å². The lowest BCUT2D eigenvalue weighted by atomic mass is 9.67. The predicted octanol–water partition coefficient (Wildman–Crippen LogP) is 3.64. The highest BCUT2D eigenvalue weighted by molar-refractivity contribution is 7.71. The molecule has 1 N–H and O–H groups in total. The maximum Gasteiger partial charge on any atom is 0.262 e. The Morgan fingerprint density at radius 3 is 2.74 bits per heavy atom. The van der Waals surface area contributed by atoms with Crippen molar-refractivity contribution in [2.24, 2.45) is 5.41 Å². The summed E-state index contributed by atoms with van der Waals surface area (Å²) in [5.41, 5.74) is 1.15. The first kappa shape index (κ1) is 12.6. The molecule has 4 heteroatoms. The van der Waals surface area contributed by atoms with Crippen molar-refractivity contribution in [1.82, 2.24) is 9.55 Å². The molecule has 3 nitrogen and oxygen atoms in total. The van der Waals surface area contributed by atoms with E-state index in [0.29, 0.717) is 4.77 Å². The summed E-state index contributed by atoms with van der Waals surface area (Å²) < 4.78 is 2.30. The maximum absolute atomic E-state index is 12.6. The summed E-state index contributed by atoms with van der Waals surface area (Å²) in [5.74, 6) is 0. The van der Waals surface area contributed by atoms with E-state index in [1.54, 1.807) is 4.57 Å². The third kappa shape index (κ3) is 2.04. The first-order chi connectivity index (χ1) is 9.15. The van der Waals surface area contributed by atoms with Gasteiger partial charge in [-0.15, -0.1) is 0 Å². The molecule has 3 rings (SSSR count). The summed E-state index contributed by atoms with van der Waals surface area (Å²) >= 11 is 5.36. The Morgan fingerprint density at radius 1 is 1.37 bits per heavy atom. The highest BCUT2D eigenvalue weighted by Crippen LogP contribution is 2.44. The van der Waals surface area contributed by atoms with Crippen LogP contribution in [0.5, 0.6) is 0 Å². The molecular weight excluding hydrogens is 256 g/mol. The fraction of sp³-hybridized carbons (Fsp3) is 0.467. The number of para-hydroxylation sites is 1. The van der Waals surface area contributed by atoms with Gasteiger partial charge in [0.25, 0.3) is 5.56 Å². The number of aromatic nitrogens is 2. The molecule has 1 aliphatic carbocycles. The lowest BCUT2D eigenvalue weighted by Crippen LogP contribution is -2.37. The molecule has 1 aliphatic rings. The summed E-state index contributed by atoms with van der Waals surface area (Å²) in [5, 5.41) is 0.724. The van der Waals surface area contributed by atoms with Gasteiger partial charge in [-0.05, 0) is 49.0 Å². The Hall–Kier alpha value is -1.42. The van der Waals surface area contributed by atoms with E-state index in [1.807, 2.05) is 24.3 Å². The summed E-state index contributed by atoms with van der Waals surface area (Å²) in [6.45, 7) is 2.96. The van der Waals surface area contributed by atoms with Gasteiger partial charge in [-0.25, -0.2) is 0 Å². The monoisotopic (exact) mass is 274 g/mol. The molecule has 0 spiro atoms. The molecule has 100 valence electrons. The molecule has 0 unspecified atom stereocenters. The molecule has 0 atom stereocenters. The topological polar surface area (TPSA) is 37.8 Å². The number of nitrogens with zero attached hydrogens (tertiary/aromatic N) is 1. The Balaban J connectivity index is 2.14. The molecule has 0 aliphatic heterocycles. The molecule has 1 aromatic carbocycles. The number of H-pyrrole nitrogens is 1. The zero-order valence-corrected chi connectivity index (χ0v) is 11.9. The van der Waals surface area contributed by atoms with Crippen LogP contribution in [0.4, 0.5) is 0 Å². The van der Waals surface area contributed by atoms with Crippen molar-refractivity contribution in [3.05, 3.63) is 39.4 Å². The molecule has 0 amide bonds. The SMILES string of the molecule is CCC1(Cn2c(=S)[nH]c3ccccc3c2=O)CCC1. The van der Waals surface area contributed by atoms with Gasteiger partial charge in [-0.3, -0.25) is 9.36 Å². The number of nitrogens with one attached hydrogen (secondary N) is 1. The van der Waals surface area contributed by atoms with Gasteiger partial charge >= 0.3 is 0 Å². The number of hydrogen-bond acceptors (Lipinski definition) is 2. The maximum atomic E-state index is 12.6. The second-order valence-electron chi connectivity index (χ2n) is 5.57. The number of aromatic amines is 1. The molecule has 2 aromatic rings. The second-order valence-corrected chi connectivity index (χ2v) is 5.96. The minimum Gasteiger partial charge on any atom is -0.332 e. The molecule has 0 bridgehead atoms. The fourth-order valence-electron chi connectivity index (χ4n) is 2.98. The van der Waals surface area contributed by atoms with Gasteiger partial charge in [0.15, 0.2) is 4.77 Å². The van der Waals surface area contributed by atoms with Crippen LogP contribution >= 0.6 is 12.2 Å². The fourth-order valence-corrected chi connectivity index (χ4v) is 3.24. The van der Waals surface area contributed by atoms with Crippen molar-refractivity contribution in [2.45, 2.75) is 39.2 Å². The third-order valence-electron chi connectivity index (χ3n) is 4.55. The van der Waals surface area contributed by atoms with Gasteiger partial charge in [-0.1, -0.05) is 25.5 Å². The summed E-state index contributed by atoms with van der Waals surface area (Å²) in [4.78, 5) is 15.7. The Morgan fingerprint density at radius 2 is 2.11 bits per heavy atom. The Bertz CT molecular complexity index is 719. The van der Waals surface area contributed by atoms with Crippen LogP contribution in [0.2, 0.25) is 0 Å². The Kier molecular flexibility index (Phi) is 3.05. The van der Waals surface area contributed by atoms with Crippen molar-refractivity contribution in [2.75, 3.05) is 0 Å². The second kappa shape index (κ2) is 4.60. The number of rotatable bonds is 3. The molecule has 0 saturated heterocycles. The Labute approximate surface area is 117 Å². The standard InChI is InChI=1S/C15H18N2OS/c1-2-15(8-5-9-15)10-17-13(18)11-6-3-4-7-12(11)16-14(17)19/h3-4,6-7H,2,5,8-10H2,1H3,(H,16,19). The van der Waals surface area contributed by atoms with Crippen molar-refractivity contribution in [1.29, 1.82) is 0 Å². The first-order valence-corrected chi connectivity index (χ1v) is 7.28. The van der Waals surface area contributed by atoms with Crippen LogP contribution < -0.4 is 5.56 Å². The molecule has 1 heterocycles. The van der Waals surface area contributed by atoms with Crippen molar-refractivity contribution in [3.8, 4) is 0 Å². The molecular formula is C15H18N2OS. The third-order valence-corrected chi connectivity index (χ3v) is 4.87. The minimum absolute atomic E-state index is 0.0408. The lowest BCUT2D eigenvalue weighted by molar-refractivity contribution is 0.0980. The van der Waals surface area contributed by atoms with Crippen LogP contribution in [-0.2, 0) is 6.54 Å². The minimum atomic E-state index is 0.0408. The first-order valence-electron chi connectivity index (χ1n) is 6.87. The highest BCUT2D eigenvalue weighted by Gasteiger charge is 2.35. The van der Waals surface area contributed by atoms with Crippen molar-refractivity contribution < 1.29 is 0 Å². The van der Waals surface area contributed by atoms with Crippen LogP contribution in [0, 0.1) is 10.2 Å². The molecule has 19 heavy (non-hydrogen) atoms. The van der Waals surface area contributed by atoms with Gasteiger partial charge in [0.1, 0.15) is 0 Å². The summed E-state index contributed by atoms with van der Waals surface area (Å²) in [7, 11) is 0. The van der Waals surface area contributed by atoms with E-state index in [2.05, 4.69) is 11.9 Å². The van der Waals surface area contributed by atoms with Crippen molar-refractivity contribution >= 4 is 23.1 Å². The van der Waals surface area contributed by atoms with Gasteiger partial charge < -0.3 is 4.98 Å². The van der Waals surface area contributed by atoms with E-state index >= 15 is 0 Å². The van der Waals surface area contributed by atoms with Crippen LogP contribution in [0.25, 0.3) is 10.9 Å². The van der Waals surface area contributed by atoms with Crippen LogP contribution in [0.3, 0.4) is 0 Å². The number of benzene rings is 1. The van der Waals surface area contributed by atoms with Crippen molar-refractivity contribution in [3.63, 3.8) is 0 Å². The molecule has 0 radical (unpaired) electrons. The zero-order valence-electron chi connectivity index (χ0n) is 11.1. The van der Waals surface area contributed by atoms with E-state index in [9.17, 15) is 4.79 Å². The molecule has 1 fully saturated rings. The average molecular weight is 274 g/mol. The largest absolute Gasteiger partial charge is 0.332 e. The van der Waals surface area contributed by atoms with E-state index in [1.165, 1.54) is 19.3 Å². The van der Waals surface area contributed by atoms with Gasteiger partial charge in [-0.2, -0.15) is 0 Å². The quantitative estimate of drug-likeness (QED) is 0.868. The highest BCUT2D eigenvalue weighted by atomic mass is 32.1. The molecule has 1 saturated carbocycles. The normalized spacial score (nSPS) is 17.3. The summed E-state index contributed by atoms with van der Waals surface area (Å²) in [6, 6.07) is 7.56. The predicted molar refractivity (Wildman–Crippen MR) is 80.0 cm³/mol. The molecule has 1 aromatic heterocycles. The van der Waals surface area contributed by atoms with Crippen LogP contribution in [0.1, 0.15) is 32.6 Å². The lowest BCUT2D eigenvalue weighted by Gasteiger charge is -2.41. The smallest absolute Gasteiger partial charge is 0.262 e. The average Bonchev–Trinajstić information content (AvgIpc) is 2.37. The number of hydrogen-bond donors (Lipinski definition) is 1. The number of fused-ring (bicyclic) bond motifs is 1. The van der Waals surface area contributed by atoms with Gasteiger partial charge in [0, 0.05) is 6.54 Å². The van der Waals surface area contributed by atoms with Gasteiger partial charge in [0.2, 0.25) is 0 Å².